The molecule has 0 saturated carbocycles. The van der Waals surface area contributed by atoms with Crippen LogP contribution in [0.1, 0.15) is 24.9 Å². The van der Waals surface area contributed by atoms with E-state index in [0.29, 0.717) is 5.02 Å². The normalized spacial score (nSPS) is 11.7. The van der Waals surface area contributed by atoms with Crippen LogP contribution in [0.2, 0.25) is 5.02 Å². The van der Waals surface area contributed by atoms with Crippen molar-refractivity contribution in [1.29, 1.82) is 0 Å². The van der Waals surface area contributed by atoms with Crippen LogP contribution >= 0.6 is 11.6 Å². The zero-order valence-electron chi connectivity index (χ0n) is 9.94. The summed E-state index contributed by atoms with van der Waals surface area (Å²) < 4.78 is 0. The first-order valence-corrected chi connectivity index (χ1v) is 5.89. The summed E-state index contributed by atoms with van der Waals surface area (Å²) in [6, 6.07) is 6.56. The second-order valence-corrected chi connectivity index (χ2v) is 4.19. The molecule has 1 atom stereocenters. The second kappa shape index (κ2) is 6.86. The van der Waals surface area contributed by atoms with Crippen molar-refractivity contribution >= 4 is 23.6 Å². The highest BCUT2D eigenvalue weighted by Crippen LogP contribution is 2.21. The van der Waals surface area contributed by atoms with E-state index >= 15 is 0 Å². The first-order chi connectivity index (χ1) is 8.50. The first-order valence-electron chi connectivity index (χ1n) is 5.51. The van der Waals surface area contributed by atoms with E-state index in [1.165, 1.54) is 0 Å². The van der Waals surface area contributed by atoms with Gasteiger partial charge in [-0.3, -0.25) is 4.79 Å². The van der Waals surface area contributed by atoms with Crippen molar-refractivity contribution in [1.82, 2.24) is 10.6 Å². The maximum Gasteiger partial charge on any atom is 0.315 e. The highest BCUT2D eigenvalue weighted by molar-refractivity contribution is 6.31. The lowest BCUT2D eigenvalue weighted by Gasteiger charge is -2.16. The summed E-state index contributed by atoms with van der Waals surface area (Å²) in [5.41, 5.74) is 0.813. The Morgan fingerprint density at radius 3 is 2.67 bits per heavy atom. The van der Waals surface area contributed by atoms with Gasteiger partial charge in [-0.05, 0) is 18.6 Å². The molecule has 0 spiro atoms. The largest absolute Gasteiger partial charge is 0.481 e. The van der Waals surface area contributed by atoms with E-state index in [1.54, 1.807) is 13.0 Å². The molecule has 18 heavy (non-hydrogen) atoms. The summed E-state index contributed by atoms with van der Waals surface area (Å²) in [4.78, 5) is 21.7. The molecule has 0 heterocycles. The fourth-order valence-corrected chi connectivity index (χ4v) is 1.73. The van der Waals surface area contributed by atoms with Crippen molar-refractivity contribution in [3.63, 3.8) is 0 Å². The Kier molecular flexibility index (Phi) is 5.45. The number of hydrogen-bond donors (Lipinski definition) is 3. The lowest BCUT2D eigenvalue weighted by Crippen LogP contribution is -2.38. The van der Waals surface area contributed by atoms with Crippen LogP contribution in [0.25, 0.3) is 0 Å². The minimum Gasteiger partial charge on any atom is -0.481 e. The maximum absolute atomic E-state index is 11.5. The van der Waals surface area contributed by atoms with Gasteiger partial charge in [0, 0.05) is 11.6 Å². The van der Waals surface area contributed by atoms with Crippen molar-refractivity contribution in [3.05, 3.63) is 34.9 Å². The third-order valence-electron chi connectivity index (χ3n) is 2.34. The summed E-state index contributed by atoms with van der Waals surface area (Å²) in [7, 11) is 0. The number of carbonyl (C=O) groups excluding carboxylic acids is 1. The Morgan fingerprint density at radius 1 is 1.39 bits per heavy atom. The quantitative estimate of drug-likeness (QED) is 0.767. The molecule has 2 amide bonds. The molecule has 98 valence electrons. The van der Waals surface area contributed by atoms with Gasteiger partial charge in [0.15, 0.2) is 0 Å². The van der Waals surface area contributed by atoms with Gasteiger partial charge in [0.2, 0.25) is 0 Å². The van der Waals surface area contributed by atoms with Gasteiger partial charge in [-0.2, -0.15) is 0 Å². The van der Waals surface area contributed by atoms with E-state index in [-0.39, 0.29) is 19.0 Å². The van der Waals surface area contributed by atoms with Crippen LogP contribution in [-0.4, -0.2) is 23.7 Å². The highest BCUT2D eigenvalue weighted by Gasteiger charge is 2.11. The standard InChI is InChI=1S/C12H15ClN2O3/c1-8(9-4-2-3-5-10(9)13)15-12(18)14-7-6-11(16)17/h2-5,8H,6-7H2,1H3,(H,16,17)(H2,14,15,18). The van der Waals surface area contributed by atoms with Gasteiger partial charge in [0.1, 0.15) is 0 Å². The number of hydrogen-bond acceptors (Lipinski definition) is 2. The average Bonchev–Trinajstić information content (AvgIpc) is 2.28. The number of rotatable bonds is 5. The molecule has 5 nitrogen and oxygen atoms in total. The minimum atomic E-state index is -0.950. The molecular weight excluding hydrogens is 256 g/mol. The van der Waals surface area contributed by atoms with Crippen LogP contribution < -0.4 is 10.6 Å². The summed E-state index contributed by atoms with van der Waals surface area (Å²) in [5.74, 6) is -0.950. The molecule has 0 aliphatic rings. The Bertz CT molecular complexity index is 437. The predicted molar refractivity (Wildman–Crippen MR) is 68.7 cm³/mol. The van der Waals surface area contributed by atoms with E-state index in [2.05, 4.69) is 10.6 Å². The van der Waals surface area contributed by atoms with Gasteiger partial charge in [0.25, 0.3) is 0 Å². The molecule has 0 fully saturated rings. The molecule has 6 heteroatoms. The number of urea groups is 1. The Labute approximate surface area is 110 Å². The predicted octanol–water partition coefficient (Wildman–Crippen LogP) is 2.17. The van der Waals surface area contributed by atoms with E-state index in [0.717, 1.165) is 5.56 Å². The Balaban J connectivity index is 2.45. The van der Waals surface area contributed by atoms with E-state index in [4.69, 9.17) is 16.7 Å². The lowest BCUT2D eigenvalue weighted by molar-refractivity contribution is -0.136. The fraction of sp³-hybridized carbons (Fsp3) is 0.333. The topological polar surface area (TPSA) is 78.4 Å². The molecular formula is C12H15ClN2O3. The van der Waals surface area contributed by atoms with Crippen molar-refractivity contribution in [2.24, 2.45) is 0 Å². The summed E-state index contributed by atoms with van der Waals surface area (Å²) in [6.45, 7) is 1.90. The number of carbonyl (C=O) groups is 2. The Morgan fingerprint density at radius 2 is 2.06 bits per heavy atom. The molecule has 0 aliphatic heterocycles. The maximum atomic E-state index is 11.5. The van der Waals surface area contributed by atoms with Crippen molar-refractivity contribution in [2.75, 3.05) is 6.54 Å². The first kappa shape index (κ1) is 14.3. The smallest absolute Gasteiger partial charge is 0.315 e. The van der Waals surface area contributed by atoms with Crippen molar-refractivity contribution in [2.45, 2.75) is 19.4 Å². The second-order valence-electron chi connectivity index (χ2n) is 3.79. The van der Waals surface area contributed by atoms with Crippen LogP contribution in [0.15, 0.2) is 24.3 Å². The number of halogens is 1. The van der Waals surface area contributed by atoms with Gasteiger partial charge in [0.05, 0.1) is 12.5 Å². The van der Waals surface area contributed by atoms with Gasteiger partial charge < -0.3 is 15.7 Å². The molecule has 1 rings (SSSR count). The summed E-state index contributed by atoms with van der Waals surface area (Å²) in [6.07, 6.45) is -0.103. The lowest BCUT2D eigenvalue weighted by atomic mass is 10.1. The average molecular weight is 271 g/mol. The number of amides is 2. The molecule has 1 aromatic rings. The molecule has 1 unspecified atom stereocenters. The van der Waals surface area contributed by atoms with Gasteiger partial charge in [-0.15, -0.1) is 0 Å². The number of carboxylic acid groups (broad SMARTS) is 1. The van der Waals surface area contributed by atoms with Crippen LogP contribution in [0.3, 0.4) is 0 Å². The van der Waals surface area contributed by atoms with E-state index in [9.17, 15) is 9.59 Å². The summed E-state index contributed by atoms with van der Waals surface area (Å²) in [5, 5.41) is 14.2. The van der Waals surface area contributed by atoms with E-state index in [1.807, 2.05) is 18.2 Å². The number of aliphatic carboxylic acids is 1. The molecule has 3 N–H and O–H groups in total. The van der Waals surface area contributed by atoms with Gasteiger partial charge >= 0.3 is 12.0 Å². The third-order valence-corrected chi connectivity index (χ3v) is 2.69. The summed E-state index contributed by atoms with van der Waals surface area (Å²) >= 11 is 6.00. The van der Waals surface area contributed by atoms with Crippen molar-refractivity contribution < 1.29 is 14.7 Å². The molecule has 0 aromatic heterocycles. The fourth-order valence-electron chi connectivity index (χ4n) is 1.43. The monoisotopic (exact) mass is 270 g/mol. The van der Waals surface area contributed by atoms with Crippen LogP contribution in [0.4, 0.5) is 4.79 Å². The molecule has 0 bridgehead atoms. The minimum absolute atomic E-state index is 0.0937. The molecule has 1 aromatic carbocycles. The van der Waals surface area contributed by atoms with Crippen molar-refractivity contribution in [3.8, 4) is 0 Å². The van der Waals surface area contributed by atoms with Gasteiger partial charge in [-0.1, -0.05) is 29.8 Å². The SMILES string of the molecule is CC(NC(=O)NCCC(=O)O)c1ccccc1Cl. The van der Waals surface area contributed by atoms with Gasteiger partial charge in [-0.25, -0.2) is 4.79 Å². The molecule has 0 saturated heterocycles. The molecule has 0 aliphatic carbocycles. The zero-order valence-corrected chi connectivity index (χ0v) is 10.7. The third kappa shape index (κ3) is 4.63. The van der Waals surface area contributed by atoms with Crippen LogP contribution in [0, 0.1) is 0 Å². The number of nitrogens with one attached hydrogen (secondary N) is 2. The van der Waals surface area contributed by atoms with Crippen LogP contribution in [-0.2, 0) is 4.79 Å². The zero-order chi connectivity index (χ0) is 13.5. The van der Waals surface area contributed by atoms with Crippen LogP contribution in [0.5, 0.6) is 0 Å². The number of benzene rings is 1. The Hall–Kier alpha value is -1.75. The molecule has 0 radical (unpaired) electrons. The van der Waals surface area contributed by atoms with E-state index < -0.39 is 12.0 Å². The number of carboxylic acids is 1. The highest BCUT2D eigenvalue weighted by atomic mass is 35.5.